The molecule has 0 aromatic heterocycles. The zero-order chi connectivity index (χ0) is 18.9. The summed E-state index contributed by atoms with van der Waals surface area (Å²) in [5, 5.41) is 0. The van der Waals surface area contributed by atoms with E-state index in [1.54, 1.807) is 0 Å². The molecule has 0 radical (unpaired) electrons. The molecular formula is C19H38O3Si2. The van der Waals surface area contributed by atoms with Crippen LogP contribution < -0.4 is 0 Å². The van der Waals surface area contributed by atoms with E-state index in [9.17, 15) is 4.79 Å². The first kappa shape index (κ1) is 21.6. The Morgan fingerprint density at radius 2 is 1.50 bits per heavy atom. The third kappa shape index (κ3) is 5.56. The van der Waals surface area contributed by atoms with E-state index in [1.165, 1.54) is 0 Å². The van der Waals surface area contributed by atoms with Crippen LogP contribution in [-0.4, -0.2) is 30.5 Å². The highest BCUT2D eigenvalue weighted by Crippen LogP contribution is 2.50. The van der Waals surface area contributed by atoms with E-state index in [4.69, 9.17) is 8.85 Å². The third-order valence-corrected chi connectivity index (χ3v) is 6.24. The van der Waals surface area contributed by atoms with Crippen LogP contribution in [0.5, 0.6) is 0 Å². The Hall–Kier alpha value is -0.396. The molecule has 0 unspecified atom stereocenters. The van der Waals surface area contributed by atoms with Gasteiger partial charge in [0.25, 0.3) is 0 Å². The highest BCUT2D eigenvalue weighted by Gasteiger charge is 2.47. The fraction of sp³-hybridized carbons (Fsp3) is 0.842. The number of ketones is 1. The van der Waals surface area contributed by atoms with Crippen molar-refractivity contribution in [2.45, 2.75) is 74.2 Å². The van der Waals surface area contributed by atoms with Gasteiger partial charge in [-0.05, 0) is 48.9 Å². The molecule has 1 aliphatic carbocycles. The van der Waals surface area contributed by atoms with Crippen molar-refractivity contribution in [3.63, 3.8) is 0 Å². The van der Waals surface area contributed by atoms with Crippen LogP contribution in [0.4, 0.5) is 0 Å². The van der Waals surface area contributed by atoms with E-state index in [0.717, 1.165) is 5.57 Å². The van der Waals surface area contributed by atoms with Gasteiger partial charge in [0.05, 0.1) is 6.61 Å². The van der Waals surface area contributed by atoms with Crippen molar-refractivity contribution in [1.29, 1.82) is 0 Å². The Kier molecular flexibility index (Phi) is 7.10. The van der Waals surface area contributed by atoms with Gasteiger partial charge < -0.3 is 8.85 Å². The summed E-state index contributed by atoms with van der Waals surface area (Å²) in [5.41, 5.74) is 1.28. The maximum Gasteiger partial charge on any atom is 0.229 e. The molecule has 1 aliphatic rings. The van der Waals surface area contributed by atoms with Gasteiger partial charge >= 0.3 is 0 Å². The molecular weight excluding hydrogens is 332 g/mol. The molecule has 0 saturated carbocycles. The number of carbonyl (C=O) groups excluding carboxylic acids is 1. The highest BCUT2D eigenvalue weighted by atomic mass is 28.3. The molecule has 0 aromatic carbocycles. The Labute approximate surface area is 152 Å². The molecule has 0 N–H and O–H groups in total. The maximum absolute atomic E-state index is 12.9. The van der Waals surface area contributed by atoms with Crippen molar-refractivity contribution in [2.24, 2.45) is 22.7 Å². The van der Waals surface area contributed by atoms with Crippen LogP contribution in [0.3, 0.4) is 0 Å². The van der Waals surface area contributed by atoms with Gasteiger partial charge in [0.2, 0.25) is 9.04 Å². The normalized spacial score (nSPS) is 23.4. The number of hydrogen-bond donors (Lipinski definition) is 0. The Morgan fingerprint density at radius 1 is 0.958 bits per heavy atom. The lowest BCUT2D eigenvalue weighted by molar-refractivity contribution is -0.122. The van der Waals surface area contributed by atoms with E-state index < -0.39 is 18.1 Å². The van der Waals surface area contributed by atoms with Gasteiger partial charge in [-0.25, -0.2) is 0 Å². The van der Waals surface area contributed by atoms with Crippen LogP contribution in [0.1, 0.15) is 48.0 Å². The lowest BCUT2D eigenvalue weighted by Gasteiger charge is -2.48. The first-order valence-electron chi connectivity index (χ1n) is 9.29. The predicted octanol–water partition coefficient (Wildman–Crippen LogP) is 4.54. The first-order valence-corrected chi connectivity index (χ1v) is 14.9. The monoisotopic (exact) mass is 370 g/mol. The molecule has 2 atom stereocenters. The topological polar surface area (TPSA) is 35.5 Å². The minimum atomic E-state index is -1.34. The van der Waals surface area contributed by atoms with E-state index in [0.29, 0.717) is 30.6 Å². The van der Waals surface area contributed by atoms with Crippen molar-refractivity contribution >= 4 is 23.9 Å². The summed E-state index contributed by atoms with van der Waals surface area (Å²) in [6, 6.07) is 0. The van der Waals surface area contributed by atoms with Gasteiger partial charge in [-0.1, -0.05) is 41.5 Å². The van der Waals surface area contributed by atoms with Gasteiger partial charge in [0.15, 0.2) is 14.8 Å². The molecule has 0 heterocycles. The van der Waals surface area contributed by atoms with Crippen LogP contribution in [0.15, 0.2) is 11.3 Å². The third-order valence-electron chi connectivity index (χ3n) is 4.70. The minimum Gasteiger partial charge on any atom is -0.545 e. The molecule has 0 aromatic rings. The van der Waals surface area contributed by atoms with Crippen LogP contribution in [0.25, 0.3) is 0 Å². The molecule has 140 valence electrons. The summed E-state index contributed by atoms with van der Waals surface area (Å²) in [4.78, 5) is 12.9. The predicted molar refractivity (Wildman–Crippen MR) is 107 cm³/mol. The lowest BCUT2D eigenvalue weighted by atomic mass is 9.58. The average Bonchev–Trinajstić information content (AvgIpc) is 2.35. The van der Waals surface area contributed by atoms with E-state index in [-0.39, 0.29) is 16.6 Å². The van der Waals surface area contributed by atoms with Gasteiger partial charge in [0, 0.05) is 12.0 Å². The van der Waals surface area contributed by atoms with Gasteiger partial charge in [-0.3, -0.25) is 4.79 Å². The van der Waals surface area contributed by atoms with Crippen molar-refractivity contribution in [2.75, 3.05) is 6.61 Å². The maximum atomic E-state index is 12.9. The molecule has 0 saturated heterocycles. The van der Waals surface area contributed by atoms with Crippen molar-refractivity contribution in [1.82, 2.24) is 0 Å². The Balaban J connectivity index is 3.46. The molecule has 0 spiro atoms. The number of Topliss-reactive ketones (excluding diaryl/α,β-unsaturated/α-hetero) is 1. The van der Waals surface area contributed by atoms with Crippen molar-refractivity contribution in [3.05, 3.63) is 11.3 Å². The quantitative estimate of drug-likeness (QED) is 0.667. The summed E-state index contributed by atoms with van der Waals surface area (Å²) in [6.07, 6.45) is 0.588. The Morgan fingerprint density at radius 3 is 1.88 bits per heavy atom. The molecule has 3 nitrogen and oxygen atoms in total. The second kappa shape index (κ2) is 7.87. The number of hydrogen-bond acceptors (Lipinski definition) is 3. The molecule has 0 aliphatic heterocycles. The Bertz CT molecular complexity index is 482. The van der Waals surface area contributed by atoms with Crippen LogP contribution >= 0.6 is 0 Å². The van der Waals surface area contributed by atoms with E-state index >= 15 is 0 Å². The lowest BCUT2D eigenvalue weighted by Crippen LogP contribution is -2.44. The summed E-state index contributed by atoms with van der Waals surface area (Å²) in [7, 11) is -2.49. The SMILES string of the molecule is C[SiH](C)OCC1=C(O[SiH](C)C)C(=O)C[C@H](C(C)(C)C)[C@@H]1C(C)(C)C. The van der Waals surface area contributed by atoms with E-state index in [1.807, 2.05) is 0 Å². The van der Waals surface area contributed by atoms with Gasteiger partial charge in [-0.2, -0.15) is 0 Å². The van der Waals surface area contributed by atoms with Crippen LogP contribution in [0, 0.1) is 22.7 Å². The zero-order valence-electron chi connectivity index (χ0n) is 17.4. The molecule has 0 fully saturated rings. The van der Waals surface area contributed by atoms with Crippen LogP contribution in [0.2, 0.25) is 26.2 Å². The van der Waals surface area contributed by atoms with Gasteiger partial charge in [0.1, 0.15) is 5.76 Å². The zero-order valence-corrected chi connectivity index (χ0v) is 19.8. The molecule has 5 heteroatoms. The van der Waals surface area contributed by atoms with E-state index in [2.05, 4.69) is 67.7 Å². The summed E-state index contributed by atoms with van der Waals surface area (Å²) in [5.74, 6) is 1.46. The molecule has 24 heavy (non-hydrogen) atoms. The van der Waals surface area contributed by atoms with Crippen LogP contribution in [-0.2, 0) is 13.6 Å². The molecule has 1 rings (SSSR count). The molecule has 0 bridgehead atoms. The smallest absolute Gasteiger partial charge is 0.229 e. The van der Waals surface area contributed by atoms with Gasteiger partial charge in [-0.15, -0.1) is 0 Å². The fourth-order valence-electron chi connectivity index (χ4n) is 3.69. The number of allylic oxidation sites excluding steroid dienone is 1. The highest BCUT2D eigenvalue weighted by molar-refractivity contribution is 6.49. The standard InChI is InChI=1S/C19H38O3Si2/c1-18(2,3)14-11-15(20)17(22-24(9)10)13(12-21-23(7)8)16(14)19(4,5)6/h14,16,23-24H,11-12H2,1-10H3/t14-,16+/m0/s1. The summed E-state index contributed by atoms with van der Waals surface area (Å²) >= 11 is 0. The van der Waals surface area contributed by atoms with Crippen molar-refractivity contribution < 1.29 is 13.6 Å². The molecule has 0 amide bonds. The number of rotatable bonds is 5. The second-order valence-electron chi connectivity index (χ2n) is 9.82. The summed E-state index contributed by atoms with van der Waals surface area (Å²) in [6.45, 7) is 22.8. The van der Waals surface area contributed by atoms with Crippen molar-refractivity contribution in [3.8, 4) is 0 Å². The second-order valence-corrected chi connectivity index (χ2v) is 14.6. The summed E-state index contributed by atoms with van der Waals surface area (Å²) < 4.78 is 12.2. The largest absolute Gasteiger partial charge is 0.545 e. The fourth-order valence-corrected chi connectivity index (χ4v) is 4.96. The first-order chi connectivity index (χ1) is 10.7. The number of carbonyl (C=O) groups is 1. The average molecular weight is 371 g/mol. The minimum absolute atomic E-state index is 0.0724.